The fourth-order valence-electron chi connectivity index (χ4n) is 4.33. The van der Waals surface area contributed by atoms with Crippen LogP contribution in [0.1, 0.15) is 37.6 Å². The molecule has 29 heavy (non-hydrogen) atoms. The molecular weight excluding hydrogens is 358 g/mol. The predicted molar refractivity (Wildman–Crippen MR) is 120 cm³/mol. The van der Waals surface area contributed by atoms with Gasteiger partial charge in [0.05, 0.1) is 17.8 Å². The second-order valence-electron chi connectivity index (χ2n) is 9.00. The molecule has 0 radical (unpaired) electrons. The largest absolute Gasteiger partial charge is 0.354 e. The first kappa shape index (κ1) is 19.9. The van der Waals surface area contributed by atoms with Gasteiger partial charge in [-0.05, 0) is 51.9 Å². The normalized spacial score (nSPS) is 16.8. The minimum Gasteiger partial charge on any atom is -0.354 e. The first-order chi connectivity index (χ1) is 13.9. The summed E-state index contributed by atoms with van der Waals surface area (Å²) in [7, 11) is 0. The Morgan fingerprint density at radius 2 is 1.66 bits per heavy atom. The fraction of sp³-hybridized carbons (Fsp3) is 0.400. The van der Waals surface area contributed by atoms with E-state index < -0.39 is 0 Å². The molecule has 0 spiro atoms. The number of benzene rings is 2. The van der Waals surface area contributed by atoms with Gasteiger partial charge in [0.15, 0.2) is 5.78 Å². The third-order valence-corrected chi connectivity index (χ3v) is 5.95. The zero-order chi connectivity index (χ0) is 20.4. The van der Waals surface area contributed by atoms with Gasteiger partial charge in [0.2, 0.25) is 0 Å². The first-order valence-corrected chi connectivity index (χ1v) is 10.6. The maximum Gasteiger partial charge on any atom is 0.179 e. The van der Waals surface area contributed by atoms with Crippen molar-refractivity contribution < 1.29 is 4.79 Å². The summed E-state index contributed by atoms with van der Waals surface area (Å²) < 4.78 is 0. The molecular formula is C25H31N3O. The zero-order valence-corrected chi connectivity index (χ0v) is 17.7. The lowest BCUT2D eigenvalue weighted by atomic mass is 10.0. The average molecular weight is 390 g/mol. The Morgan fingerprint density at radius 3 is 2.41 bits per heavy atom. The summed E-state index contributed by atoms with van der Waals surface area (Å²) in [5, 5.41) is 1.02. The van der Waals surface area contributed by atoms with Crippen molar-refractivity contribution in [2.75, 3.05) is 32.7 Å². The van der Waals surface area contributed by atoms with Crippen molar-refractivity contribution >= 4 is 16.7 Å². The van der Waals surface area contributed by atoms with Crippen molar-refractivity contribution in [1.29, 1.82) is 0 Å². The Labute approximate surface area is 173 Å². The molecule has 1 N–H and O–H groups in total. The number of nitrogens with zero attached hydrogens (tertiary/aromatic N) is 2. The summed E-state index contributed by atoms with van der Waals surface area (Å²) >= 11 is 0. The molecule has 0 bridgehead atoms. The minimum absolute atomic E-state index is 0.178. The topological polar surface area (TPSA) is 39.3 Å². The van der Waals surface area contributed by atoms with Crippen LogP contribution in [0.4, 0.5) is 0 Å². The van der Waals surface area contributed by atoms with Gasteiger partial charge in [-0.3, -0.25) is 14.6 Å². The number of carbonyl (C=O) groups is 1. The highest BCUT2D eigenvalue weighted by atomic mass is 16.1. The molecule has 0 amide bonds. The molecule has 0 atom stereocenters. The van der Waals surface area contributed by atoms with Gasteiger partial charge in [0.25, 0.3) is 0 Å². The number of aromatic amines is 1. The summed E-state index contributed by atoms with van der Waals surface area (Å²) in [5.74, 6) is 0.200. The van der Waals surface area contributed by atoms with Crippen molar-refractivity contribution in [2.45, 2.75) is 32.7 Å². The van der Waals surface area contributed by atoms with E-state index in [-0.39, 0.29) is 11.3 Å². The van der Waals surface area contributed by atoms with Crippen LogP contribution in [0.5, 0.6) is 0 Å². The molecule has 1 aliphatic heterocycles. The van der Waals surface area contributed by atoms with Crippen LogP contribution in [0.2, 0.25) is 0 Å². The van der Waals surface area contributed by atoms with E-state index in [4.69, 9.17) is 0 Å². The van der Waals surface area contributed by atoms with E-state index in [0.717, 1.165) is 60.3 Å². The number of fused-ring (bicyclic) bond motifs is 1. The summed E-state index contributed by atoms with van der Waals surface area (Å²) in [4.78, 5) is 21.8. The maximum atomic E-state index is 13.5. The van der Waals surface area contributed by atoms with E-state index in [1.165, 1.54) is 0 Å². The molecule has 152 valence electrons. The molecule has 0 unspecified atom stereocenters. The molecule has 1 aromatic heterocycles. The number of Topliss-reactive ketones (excluding diaryl/α,β-unsaturated/α-hetero) is 1. The first-order valence-electron chi connectivity index (χ1n) is 10.6. The molecule has 4 heteroatoms. The molecule has 0 aliphatic carbocycles. The van der Waals surface area contributed by atoms with Crippen molar-refractivity contribution in [3.05, 3.63) is 60.2 Å². The fourth-order valence-corrected chi connectivity index (χ4v) is 4.33. The summed E-state index contributed by atoms with van der Waals surface area (Å²) in [6.45, 7) is 11.3. The lowest BCUT2D eigenvalue weighted by molar-refractivity contribution is 0.0929. The van der Waals surface area contributed by atoms with Gasteiger partial charge >= 0.3 is 0 Å². The van der Waals surface area contributed by atoms with Crippen molar-refractivity contribution in [3.8, 4) is 11.3 Å². The molecule has 1 saturated heterocycles. The average Bonchev–Trinajstić information content (AvgIpc) is 2.93. The van der Waals surface area contributed by atoms with E-state index in [9.17, 15) is 4.79 Å². The highest BCUT2D eigenvalue weighted by Crippen LogP contribution is 2.31. The van der Waals surface area contributed by atoms with Gasteiger partial charge in [-0.1, -0.05) is 48.5 Å². The van der Waals surface area contributed by atoms with Gasteiger partial charge in [0.1, 0.15) is 0 Å². The SMILES string of the molecule is CC(C)(C)N1CCCN(CC(=O)c2c(-c3ccccc3)[nH]c3ccccc23)CC1. The van der Waals surface area contributed by atoms with Crippen LogP contribution < -0.4 is 0 Å². The smallest absolute Gasteiger partial charge is 0.179 e. The highest BCUT2D eigenvalue weighted by Gasteiger charge is 2.26. The van der Waals surface area contributed by atoms with Crippen molar-refractivity contribution in [1.82, 2.24) is 14.8 Å². The summed E-state index contributed by atoms with van der Waals surface area (Å²) in [6, 6.07) is 18.3. The third kappa shape index (κ3) is 4.29. The van der Waals surface area contributed by atoms with Crippen LogP contribution in [0.3, 0.4) is 0 Å². The van der Waals surface area contributed by atoms with E-state index in [2.05, 4.69) is 53.8 Å². The number of nitrogens with one attached hydrogen (secondary N) is 1. The van der Waals surface area contributed by atoms with Crippen LogP contribution in [0.15, 0.2) is 54.6 Å². The van der Waals surface area contributed by atoms with Crippen molar-refractivity contribution in [2.24, 2.45) is 0 Å². The van der Waals surface area contributed by atoms with Crippen LogP contribution in [-0.4, -0.2) is 58.8 Å². The van der Waals surface area contributed by atoms with Crippen LogP contribution in [-0.2, 0) is 0 Å². The summed E-state index contributed by atoms with van der Waals surface area (Å²) in [6.07, 6.45) is 1.10. The lowest BCUT2D eigenvalue weighted by Gasteiger charge is -2.34. The Morgan fingerprint density at radius 1 is 0.931 bits per heavy atom. The predicted octanol–water partition coefficient (Wildman–Crippen LogP) is 4.82. The van der Waals surface area contributed by atoms with Gasteiger partial charge in [-0.15, -0.1) is 0 Å². The number of ketones is 1. The van der Waals surface area contributed by atoms with Gasteiger partial charge in [-0.25, -0.2) is 0 Å². The third-order valence-electron chi connectivity index (χ3n) is 5.95. The van der Waals surface area contributed by atoms with Crippen LogP contribution >= 0.6 is 0 Å². The van der Waals surface area contributed by atoms with E-state index in [0.29, 0.717) is 6.54 Å². The van der Waals surface area contributed by atoms with Gasteiger partial charge in [-0.2, -0.15) is 0 Å². The Balaban J connectivity index is 1.60. The molecule has 2 heterocycles. The van der Waals surface area contributed by atoms with Crippen LogP contribution in [0, 0.1) is 0 Å². The molecule has 1 aliphatic rings. The molecule has 3 aromatic rings. The zero-order valence-electron chi connectivity index (χ0n) is 17.7. The highest BCUT2D eigenvalue weighted by molar-refractivity contribution is 6.14. The molecule has 1 fully saturated rings. The maximum absolute atomic E-state index is 13.5. The quantitative estimate of drug-likeness (QED) is 0.650. The molecule has 4 nitrogen and oxygen atoms in total. The van der Waals surface area contributed by atoms with E-state index in [1.807, 2.05) is 36.4 Å². The number of carbonyl (C=O) groups excluding carboxylic acids is 1. The number of hydrogen-bond donors (Lipinski definition) is 1. The van der Waals surface area contributed by atoms with Crippen molar-refractivity contribution in [3.63, 3.8) is 0 Å². The van der Waals surface area contributed by atoms with Crippen LogP contribution in [0.25, 0.3) is 22.2 Å². The number of H-pyrrole nitrogens is 1. The second kappa shape index (κ2) is 8.13. The monoisotopic (exact) mass is 389 g/mol. The lowest BCUT2D eigenvalue weighted by Crippen LogP contribution is -2.43. The van der Waals surface area contributed by atoms with Gasteiger partial charge < -0.3 is 4.98 Å². The number of aromatic nitrogens is 1. The Bertz CT molecular complexity index is 984. The molecule has 2 aromatic carbocycles. The standard InChI is InChI=1S/C25H31N3O/c1-25(2,3)28-15-9-14-27(16-17-28)18-22(29)23-20-12-7-8-13-21(20)26-24(23)19-10-5-4-6-11-19/h4-8,10-13,26H,9,14-18H2,1-3H3. The Hall–Kier alpha value is -2.43. The minimum atomic E-state index is 0.178. The molecule has 4 rings (SSSR count). The molecule has 0 saturated carbocycles. The van der Waals surface area contributed by atoms with Gasteiger partial charge in [0, 0.05) is 29.5 Å². The summed E-state index contributed by atoms with van der Waals surface area (Å²) in [5.41, 5.74) is 4.01. The second-order valence-corrected chi connectivity index (χ2v) is 9.00. The van der Waals surface area contributed by atoms with E-state index in [1.54, 1.807) is 0 Å². The number of rotatable bonds is 4. The number of hydrogen-bond acceptors (Lipinski definition) is 3. The number of para-hydroxylation sites is 1. The van der Waals surface area contributed by atoms with E-state index >= 15 is 0 Å². The Kier molecular flexibility index (Phi) is 5.57.